The minimum absolute atomic E-state index is 0.117. The molecular formula is C10H17ClOSi. The van der Waals surface area contributed by atoms with Crippen LogP contribution in [0.25, 0.3) is 0 Å². The lowest BCUT2D eigenvalue weighted by Crippen LogP contribution is -2.21. The topological polar surface area (TPSA) is 9.23 Å². The molecule has 0 aromatic carbocycles. The van der Waals surface area contributed by atoms with E-state index in [1.165, 1.54) is 12.8 Å². The summed E-state index contributed by atoms with van der Waals surface area (Å²) in [5, 5.41) is 0.534. The van der Waals surface area contributed by atoms with Crippen molar-refractivity contribution < 1.29 is 4.74 Å². The summed E-state index contributed by atoms with van der Waals surface area (Å²) >= 11 is 5.88. The molecule has 13 heavy (non-hydrogen) atoms. The first-order valence-electron chi connectivity index (χ1n) is 5.16. The van der Waals surface area contributed by atoms with Gasteiger partial charge in [0.1, 0.15) is 0 Å². The lowest BCUT2D eigenvalue weighted by molar-refractivity contribution is 0.0460. The van der Waals surface area contributed by atoms with Crippen LogP contribution in [0.15, 0.2) is 12.2 Å². The fourth-order valence-corrected chi connectivity index (χ4v) is 5.60. The maximum Gasteiger partial charge on any atom is 0.0643 e. The summed E-state index contributed by atoms with van der Waals surface area (Å²) in [4.78, 5) is 0. The van der Waals surface area contributed by atoms with Gasteiger partial charge in [0.25, 0.3) is 0 Å². The van der Waals surface area contributed by atoms with Gasteiger partial charge in [-0.3, -0.25) is 0 Å². The smallest absolute Gasteiger partial charge is 0.0643 e. The summed E-state index contributed by atoms with van der Waals surface area (Å²) in [6.45, 7) is 2.94. The molecule has 3 atom stereocenters. The largest absolute Gasteiger partial charge is 0.378 e. The maximum atomic E-state index is 5.88. The van der Waals surface area contributed by atoms with E-state index >= 15 is 0 Å². The average Bonchev–Trinajstić information content (AvgIpc) is 2.62. The molecule has 0 amide bonds. The zero-order valence-electron chi connectivity index (χ0n) is 8.13. The van der Waals surface area contributed by atoms with E-state index in [0.29, 0.717) is 17.1 Å². The zero-order valence-corrected chi connectivity index (χ0v) is 10.3. The Labute approximate surface area is 87.3 Å². The predicted molar refractivity (Wildman–Crippen MR) is 59.2 cm³/mol. The summed E-state index contributed by atoms with van der Waals surface area (Å²) < 4.78 is 5.74. The second-order valence-corrected chi connectivity index (χ2v) is 7.65. The molecule has 0 aromatic rings. The first-order valence-corrected chi connectivity index (χ1v) is 7.41. The van der Waals surface area contributed by atoms with Crippen molar-refractivity contribution in [3.8, 4) is 0 Å². The Bertz CT molecular complexity index is 219. The molecule has 1 fully saturated rings. The zero-order chi connectivity index (χ0) is 9.31. The van der Waals surface area contributed by atoms with Gasteiger partial charge in [-0.25, -0.2) is 0 Å². The van der Waals surface area contributed by atoms with Crippen LogP contribution in [0.3, 0.4) is 0 Å². The van der Waals surface area contributed by atoms with Crippen molar-refractivity contribution in [2.24, 2.45) is 5.92 Å². The highest BCUT2D eigenvalue weighted by Gasteiger charge is 2.46. The highest BCUT2D eigenvalue weighted by molar-refractivity contribution is 6.53. The molecule has 1 nitrogen and oxygen atoms in total. The van der Waals surface area contributed by atoms with Crippen LogP contribution in [-0.2, 0) is 4.74 Å². The van der Waals surface area contributed by atoms with Gasteiger partial charge in [0.05, 0.1) is 6.10 Å². The molecule has 0 heterocycles. The number of hydrogen-bond donors (Lipinski definition) is 0. The fourth-order valence-electron chi connectivity index (χ4n) is 2.76. The van der Waals surface area contributed by atoms with Crippen LogP contribution in [0, 0.1) is 5.92 Å². The van der Waals surface area contributed by atoms with Crippen LogP contribution in [-0.4, -0.2) is 27.7 Å². The number of alkyl halides is 1. The van der Waals surface area contributed by atoms with Crippen LogP contribution in [0.2, 0.25) is 5.04 Å². The molecule has 0 spiro atoms. The van der Waals surface area contributed by atoms with Crippen LogP contribution in [0.5, 0.6) is 0 Å². The third-order valence-corrected chi connectivity index (χ3v) is 5.96. The Balaban J connectivity index is 2.01. The molecule has 2 rings (SSSR count). The number of allylic oxidation sites excluding steroid dienone is 1. The van der Waals surface area contributed by atoms with Crippen molar-refractivity contribution >= 4 is 21.1 Å². The standard InChI is InChI=1S/C10H17ClOSi/c1-2-12-9-6-10(13-7-11)4-3-8(9)5-10/h3-4,8-9H,2,5-7,13H2,1H3. The third kappa shape index (κ3) is 1.72. The van der Waals surface area contributed by atoms with Crippen molar-refractivity contribution in [2.45, 2.75) is 30.9 Å². The molecule has 1 saturated carbocycles. The monoisotopic (exact) mass is 216 g/mol. The fraction of sp³-hybridized carbons (Fsp3) is 0.800. The summed E-state index contributed by atoms with van der Waals surface area (Å²) in [5.41, 5.74) is 0.913. The van der Waals surface area contributed by atoms with Crippen LogP contribution in [0.1, 0.15) is 19.8 Å². The van der Waals surface area contributed by atoms with Gasteiger partial charge in [0.15, 0.2) is 0 Å². The number of hydrogen-bond acceptors (Lipinski definition) is 1. The molecule has 2 bridgehead atoms. The Hall–Kier alpha value is 0.207. The van der Waals surface area contributed by atoms with Gasteiger partial charge in [-0.2, -0.15) is 0 Å². The first-order chi connectivity index (χ1) is 6.29. The van der Waals surface area contributed by atoms with Gasteiger partial charge in [0, 0.05) is 27.5 Å². The van der Waals surface area contributed by atoms with Gasteiger partial charge in [0.2, 0.25) is 0 Å². The van der Waals surface area contributed by atoms with Gasteiger partial charge < -0.3 is 4.74 Å². The highest BCUT2D eigenvalue weighted by Crippen LogP contribution is 2.55. The Kier molecular flexibility index (Phi) is 2.82. The Morgan fingerprint density at radius 2 is 2.46 bits per heavy atom. The third-order valence-electron chi connectivity index (χ3n) is 3.40. The van der Waals surface area contributed by atoms with Crippen molar-refractivity contribution in [3.05, 3.63) is 12.2 Å². The lowest BCUT2D eigenvalue weighted by Gasteiger charge is -2.24. The number of ether oxygens (including phenoxy) is 1. The van der Waals surface area contributed by atoms with E-state index in [2.05, 4.69) is 19.1 Å². The van der Waals surface area contributed by atoms with Crippen molar-refractivity contribution in [2.75, 3.05) is 12.1 Å². The van der Waals surface area contributed by atoms with E-state index in [1.54, 1.807) is 0 Å². The second kappa shape index (κ2) is 3.75. The van der Waals surface area contributed by atoms with Crippen LogP contribution >= 0.6 is 11.6 Å². The minimum atomic E-state index is -0.117. The molecule has 3 heteroatoms. The average molecular weight is 217 g/mol. The summed E-state index contributed by atoms with van der Waals surface area (Å²) in [6, 6.07) is 0. The first kappa shape index (κ1) is 9.75. The van der Waals surface area contributed by atoms with E-state index in [0.717, 1.165) is 12.1 Å². The predicted octanol–water partition coefficient (Wildman–Crippen LogP) is 1.90. The molecule has 2 aliphatic carbocycles. The molecule has 0 aliphatic heterocycles. The Morgan fingerprint density at radius 3 is 3.15 bits per heavy atom. The minimum Gasteiger partial charge on any atom is -0.378 e. The Morgan fingerprint density at radius 1 is 1.62 bits per heavy atom. The van der Waals surface area contributed by atoms with E-state index < -0.39 is 0 Å². The summed E-state index contributed by atoms with van der Waals surface area (Å²) in [5.74, 6) is 0.704. The van der Waals surface area contributed by atoms with Gasteiger partial charge in [-0.1, -0.05) is 12.2 Å². The normalized spacial score (nSPS) is 42.6. The van der Waals surface area contributed by atoms with E-state index in [4.69, 9.17) is 16.3 Å². The van der Waals surface area contributed by atoms with E-state index in [-0.39, 0.29) is 9.52 Å². The quantitative estimate of drug-likeness (QED) is 0.396. The van der Waals surface area contributed by atoms with E-state index in [1.807, 2.05) is 0 Å². The summed E-state index contributed by atoms with van der Waals surface area (Å²) in [6.07, 6.45) is 7.88. The molecule has 0 radical (unpaired) electrons. The lowest BCUT2D eigenvalue weighted by atomic mass is 10.0. The van der Waals surface area contributed by atoms with Crippen LogP contribution in [0.4, 0.5) is 0 Å². The highest BCUT2D eigenvalue weighted by atomic mass is 35.5. The van der Waals surface area contributed by atoms with Gasteiger partial charge in [-0.05, 0) is 24.8 Å². The van der Waals surface area contributed by atoms with E-state index in [9.17, 15) is 0 Å². The van der Waals surface area contributed by atoms with Gasteiger partial charge in [-0.15, -0.1) is 11.6 Å². The van der Waals surface area contributed by atoms with Gasteiger partial charge >= 0.3 is 0 Å². The van der Waals surface area contributed by atoms with Crippen molar-refractivity contribution in [1.82, 2.24) is 0 Å². The molecular weight excluding hydrogens is 200 g/mol. The van der Waals surface area contributed by atoms with Crippen molar-refractivity contribution in [1.29, 1.82) is 0 Å². The maximum absolute atomic E-state index is 5.88. The molecule has 3 unspecified atom stereocenters. The van der Waals surface area contributed by atoms with Crippen molar-refractivity contribution in [3.63, 3.8) is 0 Å². The molecule has 2 aliphatic rings. The number of halogens is 1. The number of fused-ring (bicyclic) bond motifs is 2. The molecule has 0 saturated heterocycles. The second-order valence-electron chi connectivity index (χ2n) is 4.23. The van der Waals surface area contributed by atoms with Crippen LogP contribution < -0.4 is 0 Å². The SMILES string of the molecule is CCOC1CC2([SiH2]CCl)C=CC1C2. The molecule has 74 valence electrons. The molecule has 0 N–H and O–H groups in total. The summed E-state index contributed by atoms with van der Waals surface area (Å²) in [7, 11) is -0.117. The number of rotatable bonds is 4. The molecule has 0 aromatic heterocycles.